The van der Waals surface area contributed by atoms with Crippen LogP contribution in [0.15, 0.2) is 24.3 Å². The average molecular weight is 314 g/mol. The number of halogens is 1. The Balaban J connectivity index is 0.00000400. The zero-order valence-electron chi connectivity index (χ0n) is 12.7. The Morgan fingerprint density at radius 1 is 1.14 bits per heavy atom. The fraction of sp³-hybridized carbons (Fsp3) is 0.467. The number of carbonyl (C=O) groups is 2. The van der Waals surface area contributed by atoms with Crippen LogP contribution < -0.4 is 16.4 Å². The average Bonchev–Trinajstić information content (AvgIpc) is 2.43. The number of aryl methyl sites for hydroxylation is 1. The summed E-state index contributed by atoms with van der Waals surface area (Å²) in [7, 11) is 0. The molecule has 0 aliphatic carbocycles. The van der Waals surface area contributed by atoms with E-state index in [1.165, 1.54) is 5.56 Å². The maximum absolute atomic E-state index is 11.6. The van der Waals surface area contributed by atoms with E-state index in [2.05, 4.69) is 10.6 Å². The third-order valence-electron chi connectivity index (χ3n) is 3.05. The summed E-state index contributed by atoms with van der Waals surface area (Å²) in [5.74, 6) is -0.481. The van der Waals surface area contributed by atoms with E-state index in [4.69, 9.17) is 5.73 Å². The van der Waals surface area contributed by atoms with Gasteiger partial charge in [-0.3, -0.25) is 9.59 Å². The maximum atomic E-state index is 11.6. The van der Waals surface area contributed by atoms with Crippen molar-refractivity contribution in [2.75, 3.05) is 6.54 Å². The number of hydrogen-bond acceptors (Lipinski definition) is 3. The summed E-state index contributed by atoms with van der Waals surface area (Å²) in [6, 6.07) is 7.32. The van der Waals surface area contributed by atoms with Gasteiger partial charge < -0.3 is 16.4 Å². The normalized spacial score (nSPS) is 11.5. The van der Waals surface area contributed by atoms with Gasteiger partial charge in [0, 0.05) is 6.54 Å². The molecule has 118 valence electrons. The Hall–Kier alpha value is -1.59. The summed E-state index contributed by atoms with van der Waals surface area (Å²) in [5.41, 5.74) is 7.88. The second-order valence-electron chi connectivity index (χ2n) is 5.25. The Kier molecular flexibility index (Phi) is 8.66. The number of nitrogens with two attached hydrogens (primary N) is 1. The van der Waals surface area contributed by atoms with E-state index in [1.54, 1.807) is 0 Å². The molecule has 4 N–H and O–H groups in total. The molecule has 5 nitrogen and oxygen atoms in total. The van der Waals surface area contributed by atoms with Gasteiger partial charge in [0.2, 0.25) is 11.8 Å². The molecule has 0 bridgehead atoms. The highest BCUT2D eigenvalue weighted by Gasteiger charge is 2.17. The van der Waals surface area contributed by atoms with Gasteiger partial charge in [0.05, 0.1) is 12.6 Å². The van der Waals surface area contributed by atoms with Gasteiger partial charge in [0.1, 0.15) is 0 Å². The van der Waals surface area contributed by atoms with Gasteiger partial charge in [-0.1, -0.05) is 43.7 Å². The first-order chi connectivity index (χ1) is 9.40. The third-order valence-corrected chi connectivity index (χ3v) is 3.05. The topological polar surface area (TPSA) is 84.2 Å². The highest BCUT2D eigenvalue weighted by Crippen LogP contribution is 2.02. The first kappa shape index (κ1) is 19.4. The lowest BCUT2D eigenvalue weighted by Crippen LogP contribution is -2.47. The molecule has 0 saturated heterocycles. The van der Waals surface area contributed by atoms with Crippen molar-refractivity contribution in [3.63, 3.8) is 0 Å². The summed E-state index contributed by atoms with van der Waals surface area (Å²) in [6.45, 7) is 6.13. The lowest BCUT2D eigenvalue weighted by molar-refractivity contribution is -0.127. The molecular weight excluding hydrogens is 290 g/mol. The summed E-state index contributed by atoms with van der Waals surface area (Å²) >= 11 is 0. The van der Waals surface area contributed by atoms with Crippen LogP contribution >= 0.6 is 12.4 Å². The number of rotatable bonds is 6. The minimum absolute atomic E-state index is 0. The number of benzene rings is 1. The van der Waals surface area contributed by atoms with Crippen molar-refractivity contribution >= 4 is 24.2 Å². The van der Waals surface area contributed by atoms with E-state index in [0.717, 1.165) is 5.56 Å². The van der Waals surface area contributed by atoms with Crippen LogP contribution in [-0.2, 0) is 16.1 Å². The van der Waals surface area contributed by atoms with Crippen LogP contribution in [0.5, 0.6) is 0 Å². The van der Waals surface area contributed by atoms with Gasteiger partial charge in [-0.25, -0.2) is 0 Å². The van der Waals surface area contributed by atoms with Crippen molar-refractivity contribution in [1.29, 1.82) is 0 Å². The molecule has 0 unspecified atom stereocenters. The Morgan fingerprint density at radius 2 is 1.71 bits per heavy atom. The molecule has 0 fully saturated rings. The number of carbonyl (C=O) groups excluding carboxylic acids is 2. The van der Waals surface area contributed by atoms with Crippen LogP contribution in [0.1, 0.15) is 25.0 Å². The number of amides is 2. The number of nitrogens with one attached hydrogen (secondary N) is 2. The van der Waals surface area contributed by atoms with Crippen LogP contribution in [0.3, 0.4) is 0 Å². The minimum atomic E-state index is -0.583. The van der Waals surface area contributed by atoms with E-state index in [0.29, 0.717) is 6.54 Å². The van der Waals surface area contributed by atoms with Gasteiger partial charge in [0.15, 0.2) is 0 Å². The number of hydrogen-bond donors (Lipinski definition) is 3. The molecule has 0 aliphatic heterocycles. The molecule has 2 amide bonds. The lowest BCUT2D eigenvalue weighted by Gasteiger charge is -2.15. The zero-order chi connectivity index (χ0) is 15.1. The van der Waals surface area contributed by atoms with Gasteiger partial charge in [0.25, 0.3) is 0 Å². The van der Waals surface area contributed by atoms with Crippen LogP contribution in [0.25, 0.3) is 0 Å². The lowest BCUT2D eigenvalue weighted by atomic mass is 10.1. The van der Waals surface area contributed by atoms with Crippen molar-refractivity contribution in [1.82, 2.24) is 10.6 Å². The molecule has 6 heteroatoms. The van der Waals surface area contributed by atoms with Crippen LogP contribution in [-0.4, -0.2) is 24.4 Å². The van der Waals surface area contributed by atoms with E-state index < -0.39 is 6.04 Å². The summed E-state index contributed by atoms with van der Waals surface area (Å²) in [6.07, 6.45) is 0. The largest absolute Gasteiger partial charge is 0.350 e. The molecule has 0 aromatic heterocycles. The minimum Gasteiger partial charge on any atom is -0.350 e. The zero-order valence-corrected chi connectivity index (χ0v) is 13.5. The molecule has 0 spiro atoms. The van der Waals surface area contributed by atoms with E-state index in [-0.39, 0.29) is 36.7 Å². The fourth-order valence-electron chi connectivity index (χ4n) is 1.56. The van der Waals surface area contributed by atoms with Crippen molar-refractivity contribution in [2.45, 2.75) is 33.4 Å². The van der Waals surface area contributed by atoms with E-state index in [9.17, 15) is 9.59 Å². The third kappa shape index (κ3) is 7.11. The highest BCUT2D eigenvalue weighted by atomic mass is 35.5. The molecule has 0 heterocycles. The van der Waals surface area contributed by atoms with Gasteiger partial charge in [-0.05, 0) is 18.4 Å². The van der Waals surface area contributed by atoms with E-state index >= 15 is 0 Å². The fourth-order valence-corrected chi connectivity index (χ4v) is 1.56. The molecule has 0 aliphatic rings. The van der Waals surface area contributed by atoms with Crippen LogP contribution in [0.4, 0.5) is 0 Å². The second kappa shape index (κ2) is 9.37. The molecule has 21 heavy (non-hydrogen) atoms. The first-order valence-corrected chi connectivity index (χ1v) is 6.75. The Labute approximate surface area is 132 Å². The SMILES string of the molecule is Cc1ccc(CNC(=O)CNC(=O)[C@@H](N)C(C)C)cc1.Cl. The molecule has 1 aromatic carbocycles. The van der Waals surface area contributed by atoms with Crippen molar-refractivity contribution in [2.24, 2.45) is 11.7 Å². The standard InChI is InChI=1S/C15H23N3O2.ClH/c1-10(2)14(16)15(20)18-9-13(19)17-8-12-6-4-11(3)5-7-12;/h4-7,10,14H,8-9,16H2,1-3H3,(H,17,19)(H,18,20);1H/t14-;/m0./s1. The van der Waals surface area contributed by atoms with E-state index in [1.807, 2.05) is 45.0 Å². The van der Waals surface area contributed by atoms with Crippen molar-refractivity contribution < 1.29 is 9.59 Å². The van der Waals surface area contributed by atoms with Crippen LogP contribution in [0, 0.1) is 12.8 Å². The Bertz CT molecular complexity index is 460. The molecular formula is C15H24ClN3O2. The Morgan fingerprint density at radius 3 is 2.24 bits per heavy atom. The molecule has 0 radical (unpaired) electrons. The predicted molar refractivity (Wildman–Crippen MR) is 86.1 cm³/mol. The predicted octanol–water partition coefficient (Wildman–Crippen LogP) is 1.13. The summed E-state index contributed by atoms with van der Waals surface area (Å²) in [4.78, 5) is 23.2. The van der Waals surface area contributed by atoms with Crippen molar-refractivity contribution in [3.8, 4) is 0 Å². The van der Waals surface area contributed by atoms with Gasteiger partial charge in [-0.15, -0.1) is 12.4 Å². The van der Waals surface area contributed by atoms with Crippen molar-refractivity contribution in [3.05, 3.63) is 35.4 Å². The maximum Gasteiger partial charge on any atom is 0.239 e. The molecule has 0 saturated carbocycles. The summed E-state index contributed by atoms with van der Waals surface area (Å²) < 4.78 is 0. The monoisotopic (exact) mass is 313 g/mol. The molecule has 1 aromatic rings. The first-order valence-electron chi connectivity index (χ1n) is 6.75. The smallest absolute Gasteiger partial charge is 0.239 e. The molecule has 1 atom stereocenters. The van der Waals surface area contributed by atoms with Gasteiger partial charge in [-0.2, -0.15) is 0 Å². The van der Waals surface area contributed by atoms with Crippen LogP contribution in [0.2, 0.25) is 0 Å². The quantitative estimate of drug-likeness (QED) is 0.736. The highest BCUT2D eigenvalue weighted by molar-refractivity contribution is 5.87. The van der Waals surface area contributed by atoms with Gasteiger partial charge >= 0.3 is 0 Å². The second-order valence-corrected chi connectivity index (χ2v) is 5.25. The summed E-state index contributed by atoms with van der Waals surface area (Å²) in [5, 5.41) is 5.28. The molecule has 1 rings (SSSR count).